The number of hydrogen-bond acceptors (Lipinski definition) is 6. The largest absolute Gasteiger partial charge is 0.396 e. The monoisotopic (exact) mass is 373 g/mol. The highest BCUT2D eigenvalue weighted by Crippen LogP contribution is 2.27. The molecule has 28 heavy (non-hydrogen) atoms. The maximum absolute atomic E-state index is 8.98. The minimum Gasteiger partial charge on any atom is -0.396 e. The molecule has 3 aromatic heterocycles. The van der Waals surface area contributed by atoms with Gasteiger partial charge in [-0.1, -0.05) is 12.1 Å². The van der Waals surface area contributed by atoms with Crippen molar-refractivity contribution in [1.82, 2.24) is 24.1 Å². The summed E-state index contributed by atoms with van der Waals surface area (Å²) in [6.45, 7) is 1.53. The summed E-state index contributed by atoms with van der Waals surface area (Å²) >= 11 is 0. The highest BCUT2D eigenvalue weighted by molar-refractivity contribution is 5.86. The number of aromatic nitrogens is 5. The molecule has 0 bridgehead atoms. The quantitative estimate of drug-likeness (QED) is 0.542. The molecule has 0 unspecified atom stereocenters. The molecule has 1 aromatic carbocycles. The lowest BCUT2D eigenvalue weighted by molar-refractivity contribution is 0.277. The Kier molecular flexibility index (Phi) is 4.10. The molecule has 0 amide bonds. The van der Waals surface area contributed by atoms with E-state index in [9.17, 15) is 0 Å². The van der Waals surface area contributed by atoms with Gasteiger partial charge in [0, 0.05) is 49.7 Å². The van der Waals surface area contributed by atoms with Gasteiger partial charge in [-0.15, -0.1) is 0 Å². The van der Waals surface area contributed by atoms with Crippen molar-refractivity contribution in [1.29, 1.82) is 0 Å². The number of anilines is 2. The SMILES string of the molecule is OCCCn1cc(Nc2nc(-c3ccc4c(c3)CN=C4)cn3ccnc23)cn1. The third-order valence-electron chi connectivity index (χ3n) is 4.75. The van der Waals surface area contributed by atoms with Crippen LogP contribution < -0.4 is 5.32 Å². The first-order chi connectivity index (χ1) is 13.8. The van der Waals surface area contributed by atoms with Crippen LogP contribution >= 0.6 is 0 Å². The summed E-state index contributed by atoms with van der Waals surface area (Å²) in [5.74, 6) is 0.668. The summed E-state index contributed by atoms with van der Waals surface area (Å²) in [6.07, 6.45) is 11.9. The van der Waals surface area contributed by atoms with E-state index in [2.05, 4.69) is 38.6 Å². The summed E-state index contributed by atoms with van der Waals surface area (Å²) in [5, 5.41) is 16.6. The average molecular weight is 373 g/mol. The Labute approximate surface area is 161 Å². The smallest absolute Gasteiger partial charge is 0.180 e. The molecule has 0 fully saturated rings. The van der Waals surface area contributed by atoms with E-state index in [1.807, 2.05) is 29.2 Å². The molecular weight excluding hydrogens is 354 g/mol. The summed E-state index contributed by atoms with van der Waals surface area (Å²) in [4.78, 5) is 13.6. The molecule has 1 aliphatic rings. The van der Waals surface area contributed by atoms with Crippen LogP contribution in [0.15, 0.2) is 54.2 Å². The average Bonchev–Trinajstić information content (AvgIpc) is 3.45. The third-order valence-corrected chi connectivity index (χ3v) is 4.75. The number of rotatable bonds is 6. The highest BCUT2D eigenvalue weighted by atomic mass is 16.3. The molecule has 0 radical (unpaired) electrons. The highest BCUT2D eigenvalue weighted by Gasteiger charge is 2.13. The van der Waals surface area contributed by atoms with Crippen LogP contribution in [0.3, 0.4) is 0 Å². The fourth-order valence-corrected chi connectivity index (χ4v) is 3.34. The fraction of sp³-hybridized carbons (Fsp3) is 0.200. The number of aliphatic hydroxyl groups excluding tert-OH is 1. The van der Waals surface area contributed by atoms with Gasteiger partial charge in [0.05, 0.1) is 24.1 Å². The number of nitrogens with zero attached hydrogens (tertiary/aromatic N) is 6. The normalized spacial score (nSPS) is 12.6. The van der Waals surface area contributed by atoms with Crippen molar-refractivity contribution in [2.24, 2.45) is 4.99 Å². The molecule has 4 aromatic rings. The van der Waals surface area contributed by atoms with E-state index in [1.165, 1.54) is 11.1 Å². The van der Waals surface area contributed by atoms with E-state index >= 15 is 0 Å². The lowest BCUT2D eigenvalue weighted by Gasteiger charge is -2.09. The third kappa shape index (κ3) is 3.03. The van der Waals surface area contributed by atoms with Crippen LogP contribution in [0.4, 0.5) is 11.5 Å². The number of benzene rings is 1. The number of nitrogens with one attached hydrogen (secondary N) is 1. The van der Waals surface area contributed by atoms with Crippen molar-refractivity contribution in [3.05, 3.63) is 60.3 Å². The zero-order chi connectivity index (χ0) is 18.9. The van der Waals surface area contributed by atoms with Crippen LogP contribution in [-0.2, 0) is 13.1 Å². The zero-order valence-electron chi connectivity index (χ0n) is 15.2. The Morgan fingerprint density at radius 2 is 2.18 bits per heavy atom. The van der Waals surface area contributed by atoms with Crippen LogP contribution in [-0.4, -0.2) is 42.1 Å². The maximum atomic E-state index is 8.98. The van der Waals surface area contributed by atoms with E-state index in [4.69, 9.17) is 10.1 Å². The van der Waals surface area contributed by atoms with Crippen molar-refractivity contribution < 1.29 is 5.11 Å². The second kappa shape index (κ2) is 6.90. The van der Waals surface area contributed by atoms with Gasteiger partial charge in [0.25, 0.3) is 0 Å². The molecule has 2 N–H and O–H groups in total. The number of aryl methyl sites for hydroxylation is 1. The summed E-state index contributed by atoms with van der Waals surface area (Å²) in [6, 6.07) is 6.29. The maximum Gasteiger partial charge on any atom is 0.180 e. The van der Waals surface area contributed by atoms with Gasteiger partial charge >= 0.3 is 0 Å². The molecular formula is C20H19N7O. The molecule has 0 atom stereocenters. The van der Waals surface area contributed by atoms with Crippen molar-refractivity contribution in [2.45, 2.75) is 19.5 Å². The predicted molar refractivity (Wildman–Crippen MR) is 107 cm³/mol. The Hall–Kier alpha value is -3.52. The molecule has 0 saturated heterocycles. The standard InChI is InChI=1S/C20H19N7O/c28-7-1-5-27-12-17(11-23-27)24-19-20-22-4-6-26(20)13-18(25-19)14-2-3-15-9-21-10-16(15)8-14/h2-4,6,8-9,11-13,28H,1,5,7,10H2,(H,24,25). The number of imidazole rings is 1. The van der Waals surface area contributed by atoms with Crippen molar-refractivity contribution in [2.75, 3.05) is 11.9 Å². The van der Waals surface area contributed by atoms with Gasteiger partial charge in [0.1, 0.15) is 0 Å². The van der Waals surface area contributed by atoms with Gasteiger partial charge < -0.3 is 14.8 Å². The fourth-order valence-electron chi connectivity index (χ4n) is 3.34. The Morgan fingerprint density at radius 1 is 1.21 bits per heavy atom. The number of aliphatic imine (C=N–C) groups is 1. The second-order valence-corrected chi connectivity index (χ2v) is 6.71. The zero-order valence-corrected chi connectivity index (χ0v) is 15.2. The lowest BCUT2D eigenvalue weighted by Crippen LogP contribution is -2.01. The van der Waals surface area contributed by atoms with Gasteiger partial charge in [-0.2, -0.15) is 5.10 Å². The van der Waals surface area contributed by atoms with E-state index < -0.39 is 0 Å². The summed E-state index contributed by atoms with van der Waals surface area (Å²) < 4.78 is 3.76. The van der Waals surface area contributed by atoms with Gasteiger partial charge in [-0.05, 0) is 23.6 Å². The molecule has 5 rings (SSSR count). The van der Waals surface area contributed by atoms with Crippen molar-refractivity contribution in [3.8, 4) is 11.3 Å². The van der Waals surface area contributed by atoms with E-state index in [0.717, 1.165) is 22.6 Å². The van der Waals surface area contributed by atoms with Crippen molar-refractivity contribution in [3.63, 3.8) is 0 Å². The first-order valence-corrected chi connectivity index (χ1v) is 9.17. The van der Waals surface area contributed by atoms with Gasteiger partial charge in [0.2, 0.25) is 0 Å². The van der Waals surface area contributed by atoms with Gasteiger partial charge in [-0.25, -0.2) is 9.97 Å². The molecule has 0 saturated carbocycles. The molecule has 8 heteroatoms. The van der Waals surface area contributed by atoms with Crippen LogP contribution in [0.1, 0.15) is 17.5 Å². The van der Waals surface area contributed by atoms with Crippen LogP contribution in [0.2, 0.25) is 0 Å². The first-order valence-electron chi connectivity index (χ1n) is 9.17. The van der Waals surface area contributed by atoms with E-state index in [0.29, 0.717) is 25.3 Å². The van der Waals surface area contributed by atoms with Crippen molar-refractivity contribution >= 4 is 23.4 Å². The van der Waals surface area contributed by atoms with E-state index in [1.54, 1.807) is 17.1 Å². The molecule has 8 nitrogen and oxygen atoms in total. The second-order valence-electron chi connectivity index (χ2n) is 6.71. The van der Waals surface area contributed by atoms with Gasteiger partial charge in [0.15, 0.2) is 11.5 Å². The van der Waals surface area contributed by atoms with Crippen LogP contribution in [0, 0.1) is 0 Å². The topological polar surface area (TPSA) is 92.6 Å². The summed E-state index contributed by atoms with van der Waals surface area (Å²) in [7, 11) is 0. The van der Waals surface area contributed by atoms with Crippen LogP contribution in [0.5, 0.6) is 0 Å². The number of aliphatic hydroxyl groups is 1. The van der Waals surface area contributed by atoms with E-state index in [-0.39, 0.29) is 6.61 Å². The number of fused-ring (bicyclic) bond motifs is 2. The Bertz CT molecular complexity index is 1170. The first kappa shape index (κ1) is 16.6. The van der Waals surface area contributed by atoms with Gasteiger partial charge in [-0.3, -0.25) is 9.67 Å². The number of hydrogen-bond donors (Lipinski definition) is 2. The molecule has 140 valence electrons. The molecule has 0 spiro atoms. The predicted octanol–water partition coefficient (Wildman–Crippen LogP) is 2.65. The Balaban J connectivity index is 1.50. The van der Waals surface area contributed by atoms with Crippen LogP contribution in [0.25, 0.3) is 16.9 Å². The minimum absolute atomic E-state index is 0.146. The Morgan fingerprint density at radius 3 is 3.11 bits per heavy atom. The minimum atomic E-state index is 0.146. The molecule has 4 heterocycles. The molecule has 1 aliphatic heterocycles. The molecule has 0 aliphatic carbocycles. The summed E-state index contributed by atoms with van der Waals surface area (Å²) in [5.41, 5.74) is 5.86. The lowest BCUT2D eigenvalue weighted by atomic mass is 10.0.